The first-order valence-electron chi connectivity index (χ1n) is 9.11. The Morgan fingerprint density at radius 1 is 0.871 bits per heavy atom. The fraction of sp³-hybridized carbons (Fsp3) is 0.250. The van der Waals surface area contributed by atoms with Gasteiger partial charge in [0.15, 0.2) is 0 Å². The maximum absolute atomic E-state index is 13.9. The van der Waals surface area contributed by atoms with Crippen LogP contribution in [0.2, 0.25) is 0 Å². The Morgan fingerprint density at radius 2 is 1.42 bits per heavy atom. The topological polar surface area (TPSA) is 69.6 Å². The van der Waals surface area contributed by atoms with Crippen LogP contribution < -0.4 is 9.80 Å². The number of halogens is 5. The maximum Gasteiger partial charge on any atom is 0.490 e. The number of alkyl halides is 3. The van der Waals surface area contributed by atoms with E-state index in [1.165, 1.54) is 0 Å². The number of fused-ring (bicyclic) bond motifs is 1. The largest absolute Gasteiger partial charge is 0.490 e. The summed E-state index contributed by atoms with van der Waals surface area (Å²) >= 11 is 0. The summed E-state index contributed by atoms with van der Waals surface area (Å²) in [6.45, 7) is 3.24. The number of pyridine rings is 2. The number of carbonyl (C=O) groups is 1. The summed E-state index contributed by atoms with van der Waals surface area (Å²) in [7, 11) is 0. The van der Waals surface area contributed by atoms with Gasteiger partial charge < -0.3 is 14.9 Å². The van der Waals surface area contributed by atoms with Crippen LogP contribution in [0.4, 0.5) is 33.5 Å². The minimum absolute atomic E-state index is 0.0871. The van der Waals surface area contributed by atoms with Crippen LogP contribution in [-0.2, 0) is 4.79 Å². The van der Waals surface area contributed by atoms with Crippen LogP contribution in [0.25, 0.3) is 10.9 Å². The number of anilines is 2. The van der Waals surface area contributed by atoms with Gasteiger partial charge in [0.1, 0.15) is 23.0 Å². The summed E-state index contributed by atoms with van der Waals surface area (Å²) in [5.74, 6) is -3.02. The van der Waals surface area contributed by atoms with Gasteiger partial charge in [-0.3, -0.25) is 4.98 Å². The van der Waals surface area contributed by atoms with Crippen molar-refractivity contribution in [2.24, 2.45) is 0 Å². The molecule has 4 rings (SSSR count). The number of carboxylic acids is 1. The second-order valence-electron chi connectivity index (χ2n) is 6.58. The Kier molecular flexibility index (Phi) is 6.52. The molecule has 0 saturated carbocycles. The van der Waals surface area contributed by atoms with Crippen LogP contribution >= 0.6 is 0 Å². The number of rotatable bonds is 2. The van der Waals surface area contributed by atoms with Gasteiger partial charge in [-0.25, -0.2) is 18.6 Å². The van der Waals surface area contributed by atoms with Crippen molar-refractivity contribution >= 4 is 28.4 Å². The van der Waals surface area contributed by atoms with Gasteiger partial charge in [0.25, 0.3) is 0 Å². The molecule has 0 bridgehead atoms. The molecule has 1 aliphatic heterocycles. The lowest BCUT2D eigenvalue weighted by Crippen LogP contribution is -2.46. The molecular formula is C20H17F5N4O2. The number of benzene rings is 1. The molecule has 1 fully saturated rings. The van der Waals surface area contributed by atoms with Gasteiger partial charge in [-0.2, -0.15) is 13.2 Å². The second-order valence-corrected chi connectivity index (χ2v) is 6.58. The Morgan fingerprint density at radius 3 is 2.00 bits per heavy atom. The van der Waals surface area contributed by atoms with Gasteiger partial charge in [0.2, 0.25) is 0 Å². The average Bonchev–Trinajstić information content (AvgIpc) is 2.77. The number of aromatic nitrogens is 2. The molecule has 31 heavy (non-hydrogen) atoms. The predicted molar refractivity (Wildman–Crippen MR) is 104 cm³/mol. The fourth-order valence-corrected chi connectivity index (χ4v) is 3.06. The van der Waals surface area contributed by atoms with E-state index in [4.69, 9.17) is 9.90 Å². The molecule has 1 aliphatic rings. The van der Waals surface area contributed by atoms with Gasteiger partial charge in [-0.1, -0.05) is 0 Å². The number of nitrogens with zero attached hydrogens (tertiary/aromatic N) is 4. The van der Waals surface area contributed by atoms with E-state index in [2.05, 4.69) is 19.8 Å². The van der Waals surface area contributed by atoms with Crippen molar-refractivity contribution in [3.8, 4) is 0 Å². The molecule has 1 N–H and O–H groups in total. The third kappa shape index (κ3) is 5.36. The van der Waals surface area contributed by atoms with Gasteiger partial charge >= 0.3 is 12.1 Å². The summed E-state index contributed by atoms with van der Waals surface area (Å²) in [6.07, 6.45) is -1.52. The van der Waals surface area contributed by atoms with Crippen molar-refractivity contribution in [2.45, 2.75) is 6.18 Å². The molecule has 3 heterocycles. The zero-order chi connectivity index (χ0) is 22.6. The lowest BCUT2D eigenvalue weighted by molar-refractivity contribution is -0.192. The SMILES string of the molecule is Fc1ccc(F)c2nc(N3CCN(c4ccncc4)CC3)ccc12.O=C(O)C(F)(F)F. The lowest BCUT2D eigenvalue weighted by atomic mass is 10.2. The summed E-state index contributed by atoms with van der Waals surface area (Å²) < 4.78 is 59.4. The van der Waals surface area contributed by atoms with Crippen molar-refractivity contribution in [1.29, 1.82) is 0 Å². The number of aliphatic carboxylic acids is 1. The van der Waals surface area contributed by atoms with E-state index in [-0.39, 0.29) is 10.9 Å². The minimum atomic E-state index is -5.08. The van der Waals surface area contributed by atoms with E-state index in [0.29, 0.717) is 5.82 Å². The molecule has 0 radical (unpaired) electrons. The van der Waals surface area contributed by atoms with Crippen molar-refractivity contribution in [3.63, 3.8) is 0 Å². The molecule has 0 unspecified atom stereocenters. The fourth-order valence-electron chi connectivity index (χ4n) is 3.06. The molecule has 0 amide bonds. The van der Waals surface area contributed by atoms with Crippen LogP contribution in [0.3, 0.4) is 0 Å². The molecule has 6 nitrogen and oxygen atoms in total. The molecule has 164 valence electrons. The molecular weight excluding hydrogens is 423 g/mol. The Balaban J connectivity index is 0.000000339. The Labute approximate surface area is 173 Å². The Hall–Kier alpha value is -3.50. The summed E-state index contributed by atoms with van der Waals surface area (Å²) in [5.41, 5.74) is 1.23. The molecule has 0 atom stereocenters. The molecule has 0 aliphatic carbocycles. The molecule has 2 aromatic heterocycles. The second kappa shape index (κ2) is 9.11. The van der Waals surface area contributed by atoms with Gasteiger partial charge in [0, 0.05) is 49.6 Å². The van der Waals surface area contributed by atoms with Crippen LogP contribution in [0.1, 0.15) is 0 Å². The normalized spacial score (nSPS) is 14.2. The highest BCUT2D eigenvalue weighted by Gasteiger charge is 2.38. The van der Waals surface area contributed by atoms with Gasteiger partial charge in [-0.15, -0.1) is 0 Å². The monoisotopic (exact) mass is 440 g/mol. The van der Waals surface area contributed by atoms with Crippen molar-refractivity contribution in [3.05, 3.63) is 60.4 Å². The first-order chi connectivity index (χ1) is 14.7. The van der Waals surface area contributed by atoms with Crippen molar-refractivity contribution in [1.82, 2.24) is 9.97 Å². The highest BCUT2D eigenvalue weighted by atomic mass is 19.4. The predicted octanol–water partition coefficient (Wildman–Crippen LogP) is 3.87. The highest BCUT2D eigenvalue weighted by molar-refractivity contribution is 5.81. The van der Waals surface area contributed by atoms with Gasteiger partial charge in [-0.05, 0) is 36.4 Å². The van der Waals surface area contributed by atoms with E-state index in [1.54, 1.807) is 24.5 Å². The Bertz CT molecular complexity index is 1050. The molecule has 11 heteroatoms. The zero-order valence-electron chi connectivity index (χ0n) is 16.0. The van der Waals surface area contributed by atoms with E-state index in [9.17, 15) is 22.0 Å². The molecule has 1 saturated heterocycles. The smallest absolute Gasteiger partial charge is 0.475 e. The average molecular weight is 440 g/mol. The van der Waals surface area contributed by atoms with Crippen LogP contribution in [0, 0.1) is 11.6 Å². The zero-order valence-corrected chi connectivity index (χ0v) is 16.0. The molecule has 0 spiro atoms. The summed E-state index contributed by atoms with van der Waals surface area (Å²) in [6, 6.07) is 9.59. The first kappa shape index (κ1) is 22.2. The van der Waals surface area contributed by atoms with Crippen molar-refractivity contribution in [2.75, 3.05) is 36.0 Å². The van der Waals surface area contributed by atoms with Crippen LogP contribution in [0.5, 0.6) is 0 Å². The number of hydrogen-bond donors (Lipinski definition) is 1. The first-order valence-corrected chi connectivity index (χ1v) is 9.11. The number of piperazine rings is 1. The summed E-state index contributed by atoms with van der Waals surface area (Å²) in [4.78, 5) is 21.6. The molecule has 1 aromatic carbocycles. The summed E-state index contributed by atoms with van der Waals surface area (Å²) in [5, 5.41) is 7.34. The minimum Gasteiger partial charge on any atom is -0.475 e. The number of hydrogen-bond acceptors (Lipinski definition) is 5. The highest BCUT2D eigenvalue weighted by Crippen LogP contribution is 2.24. The van der Waals surface area contributed by atoms with Crippen LogP contribution in [-0.4, -0.2) is 53.4 Å². The van der Waals surface area contributed by atoms with Crippen LogP contribution in [0.15, 0.2) is 48.8 Å². The number of carboxylic acid groups (broad SMARTS) is 1. The van der Waals surface area contributed by atoms with E-state index in [0.717, 1.165) is 44.0 Å². The van der Waals surface area contributed by atoms with E-state index < -0.39 is 23.8 Å². The van der Waals surface area contributed by atoms with E-state index >= 15 is 0 Å². The standard InChI is InChI=1S/C18H16F2N4.C2HF3O2/c19-15-2-3-16(20)18-14(15)1-4-17(22-18)24-11-9-23(10-12-24)13-5-7-21-8-6-13;3-2(4,5)1(6)7/h1-8H,9-12H2;(H,6,7). The maximum atomic E-state index is 13.9. The quantitative estimate of drug-likeness (QED) is 0.611. The third-order valence-corrected chi connectivity index (χ3v) is 4.61. The molecule has 3 aromatic rings. The van der Waals surface area contributed by atoms with Gasteiger partial charge in [0.05, 0.1) is 0 Å². The van der Waals surface area contributed by atoms with E-state index in [1.807, 2.05) is 12.1 Å². The lowest BCUT2D eigenvalue weighted by Gasteiger charge is -2.36. The van der Waals surface area contributed by atoms with Crippen molar-refractivity contribution < 1.29 is 31.9 Å². The third-order valence-electron chi connectivity index (χ3n) is 4.61.